The fourth-order valence-electron chi connectivity index (χ4n) is 2.40. The molecule has 0 radical (unpaired) electrons. The second kappa shape index (κ2) is 7.65. The molecule has 0 saturated heterocycles. The number of oxazole rings is 1. The van der Waals surface area contributed by atoms with Gasteiger partial charge in [0.2, 0.25) is 5.89 Å². The van der Waals surface area contributed by atoms with Crippen molar-refractivity contribution in [3.63, 3.8) is 0 Å². The van der Waals surface area contributed by atoms with Crippen LogP contribution < -0.4 is 4.74 Å². The Morgan fingerprint density at radius 3 is 2.65 bits per heavy atom. The van der Waals surface area contributed by atoms with Crippen LogP contribution in [0.25, 0.3) is 10.8 Å². The normalized spacial score (nSPS) is 11.0. The van der Waals surface area contributed by atoms with Crippen molar-refractivity contribution in [1.82, 2.24) is 9.88 Å². The molecule has 3 rings (SSSR count). The molecule has 2 aromatic heterocycles. The highest BCUT2D eigenvalue weighted by Crippen LogP contribution is 2.26. The second-order valence-electron chi connectivity index (χ2n) is 5.58. The van der Waals surface area contributed by atoms with Crippen molar-refractivity contribution in [2.24, 2.45) is 0 Å². The van der Waals surface area contributed by atoms with E-state index in [1.54, 1.807) is 26.1 Å². The molecule has 1 aromatic carbocycles. The highest BCUT2D eigenvalue weighted by molar-refractivity contribution is 7.13. The van der Waals surface area contributed by atoms with Crippen LogP contribution >= 0.6 is 11.3 Å². The number of halogens is 2. The smallest absolute Gasteiger partial charge is 0.387 e. The number of ether oxygens (including phenoxy) is 1. The van der Waals surface area contributed by atoms with E-state index in [4.69, 9.17) is 4.42 Å². The Balaban J connectivity index is 1.70. The number of nitrogens with zero attached hydrogens (tertiary/aromatic N) is 2. The Labute approximate surface area is 152 Å². The van der Waals surface area contributed by atoms with E-state index < -0.39 is 6.61 Å². The molecule has 0 aliphatic rings. The molecular formula is C18H16F2N2O3S. The van der Waals surface area contributed by atoms with Crippen LogP contribution in [0.3, 0.4) is 0 Å². The Morgan fingerprint density at radius 1 is 1.31 bits per heavy atom. The monoisotopic (exact) mass is 378 g/mol. The number of carbonyl (C=O) groups is 1. The summed E-state index contributed by atoms with van der Waals surface area (Å²) in [6.45, 7) is -0.867. The van der Waals surface area contributed by atoms with Crippen molar-refractivity contribution in [3.8, 4) is 16.5 Å². The minimum absolute atomic E-state index is 0.0747. The maximum absolute atomic E-state index is 12.6. The average Bonchev–Trinajstić information content (AvgIpc) is 3.25. The van der Waals surface area contributed by atoms with Crippen LogP contribution in [-0.4, -0.2) is 29.5 Å². The number of hydrogen-bond acceptors (Lipinski definition) is 5. The Kier molecular flexibility index (Phi) is 5.32. The zero-order chi connectivity index (χ0) is 18.7. The summed E-state index contributed by atoms with van der Waals surface area (Å²) in [5.74, 6) is 0.668. The van der Waals surface area contributed by atoms with Crippen LogP contribution in [0, 0.1) is 6.92 Å². The molecule has 26 heavy (non-hydrogen) atoms. The molecular weight excluding hydrogens is 362 g/mol. The first-order valence-corrected chi connectivity index (χ1v) is 8.62. The van der Waals surface area contributed by atoms with Crippen LogP contribution in [0.5, 0.6) is 5.75 Å². The molecule has 0 atom stereocenters. The third kappa shape index (κ3) is 4.08. The number of benzene rings is 1. The molecule has 2 heterocycles. The number of hydrogen-bond donors (Lipinski definition) is 0. The average molecular weight is 378 g/mol. The summed E-state index contributed by atoms with van der Waals surface area (Å²) in [6, 6.07) is 9.90. The van der Waals surface area contributed by atoms with Gasteiger partial charge < -0.3 is 14.1 Å². The number of thiophene rings is 1. The van der Waals surface area contributed by atoms with Crippen LogP contribution in [0.4, 0.5) is 8.78 Å². The number of amides is 1. The van der Waals surface area contributed by atoms with E-state index in [1.165, 1.54) is 28.4 Å². The zero-order valence-corrected chi connectivity index (χ0v) is 14.9. The Hall–Kier alpha value is -2.74. The fourth-order valence-corrected chi connectivity index (χ4v) is 3.05. The largest absolute Gasteiger partial charge is 0.440 e. The van der Waals surface area contributed by atoms with Crippen molar-refractivity contribution in [2.75, 3.05) is 7.05 Å². The molecule has 136 valence electrons. The predicted molar refractivity (Wildman–Crippen MR) is 93.4 cm³/mol. The summed E-state index contributed by atoms with van der Waals surface area (Å²) < 4.78 is 34.3. The molecule has 0 saturated carbocycles. The van der Waals surface area contributed by atoms with Gasteiger partial charge in [-0.15, -0.1) is 11.3 Å². The van der Waals surface area contributed by atoms with Crippen LogP contribution in [-0.2, 0) is 6.54 Å². The molecule has 0 aliphatic heterocycles. The van der Waals surface area contributed by atoms with Crippen molar-refractivity contribution in [1.29, 1.82) is 0 Å². The van der Waals surface area contributed by atoms with E-state index in [9.17, 15) is 13.6 Å². The fraction of sp³-hybridized carbons (Fsp3) is 0.222. The van der Waals surface area contributed by atoms with Gasteiger partial charge in [-0.2, -0.15) is 8.78 Å². The van der Waals surface area contributed by atoms with Gasteiger partial charge in [-0.3, -0.25) is 4.79 Å². The number of aromatic nitrogens is 1. The van der Waals surface area contributed by atoms with Crippen LogP contribution in [0.15, 0.2) is 46.2 Å². The topological polar surface area (TPSA) is 55.6 Å². The molecule has 0 fully saturated rings. The molecule has 8 heteroatoms. The molecule has 0 spiro atoms. The maximum atomic E-state index is 12.6. The summed E-state index contributed by atoms with van der Waals surface area (Å²) in [5.41, 5.74) is 1.04. The molecule has 5 nitrogen and oxygen atoms in total. The molecule has 0 aliphatic carbocycles. The Bertz CT molecular complexity index is 876. The zero-order valence-electron chi connectivity index (χ0n) is 14.1. The van der Waals surface area contributed by atoms with Gasteiger partial charge in [-0.25, -0.2) is 4.98 Å². The lowest BCUT2D eigenvalue weighted by Gasteiger charge is -2.16. The number of rotatable bonds is 6. The number of aryl methyl sites for hydroxylation is 1. The summed E-state index contributed by atoms with van der Waals surface area (Å²) in [5, 5.41) is 1.91. The van der Waals surface area contributed by atoms with Crippen LogP contribution in [0.2, 0.25) is 0 Å². The van der Waals surface area contributed by atoms with Gasteiger partial charge in [-0.05, 0) is 36.1 Å². The molecule has 0 bridgehead atoms. The van der Waals surface area contributed by atoms with Crippen LogP contribution in [0.1, 0.15) is 21.8 Å². The van der Waals surface area contributed by atoms with E-state index >= 15 is 0 Å². The minimum atomic E-state index is -2.86. The summed E-state index contributed by atoms with van der Waals surface area (Å²) in [7, 11) is 1.64. The maximum Gasteiger partial charge on any atom is 0.387 e. The van der Waals surface area contributed by atoms with E-state index in [0.717, 1.165) is 10.4 Å². The number of carbonyl (C=O) groups excluding carboxylic acids is 1. The standard InChI is InChI=1S/C18H16F2N2O3S/c1-11-15(21-16(24-11)14-4-3-9-26-14)17(23)22(2)10-12-5-7-13(8-6-12)25-18(19)20/h3-9,18H,10H2,1-2H3. The lowest BCUT2D eigenvalue weighted by atomic mass is 10.2. The van der Waals surface area contributed by atoms with Crippen molar-refractivity contribution >= 4 is 17.2 Å². The van der Waals surface area contributed by atoms with Gasteiger partial charge in [0.25, 0.3) is 5.91 Å². The van der Waals surface area contributed by atoms with Gasteiger partial charge in [0.1, 0.15) is 11.5 Å². The summed E-state index contributed by atoms with van der Waals surface area (Å²) in [4.78, 5) is 19.3. The minimum Gasteiger partial charge on any atom is -0.440 e. The first kappa shape index (κ1) is 18.1. The van der Waals surface area contributed by atoms with Gasteiger partial charge in [-0.1, -0.05) is 18.2 Å². The highest BCUT2D eigenvalue weighted by Gasteiger charge is 2.21. The first-order chi connectivity index (χ1) is 12.4. The lowest BCUT2D eigenvalue weighted by molar-refractivity contribution is -0.0498. The third-order valence-electron chi connectivity index (χ3n) is 3.65. The quantitative estimate of drug-likeness (QED) is 0.630. The Morgan fingerprint density at radius 2 is 2.04 bits per heavy atom. The van der Waals surface area contributed by atoms with Gasteiger partial charge in [0, 0.05) is 13.6 Å². The van der Waals surface area contributed by atoms with Crippen molar-refractivity contribution < 1.29 is 22.7 Å². The molecule has 3 aromatic rings. The summed E-state index contributed by atoms with van der Waals surface area (Å²) in [6.07, 6.45) is 0. The van der Waals surface area contributed by atoms with Crippen molar-refractivity contribution in [3.05, 3.63) is 58.8 Å². The van der Waals surface area contributed by atoms with Gasteiger partial charge in [0.05, 0.1) is 4.88 Å². The molecule has 1 amide bonds. The van der Waals surface area contributed by atoms with Gasteiger partial charge >= 0.3 is 6.61 Å². The lowest BCUT2D eigenvalue weighted by Crippen LogP contribution is -2.27. The molecule has 0 N–H and O–H groups in total. The second-order valence-corrected chi connectivity index (χ2v) is 6.53. The van der Waals surface area contributed by atoms with Crippen molar-refractivity contribution in [2.45, 2.75) is 20.1 Å². The highest BCUT2D eigenvalue weighted by atomic mass is 32.1. The first-order valence-electron chi connectivity index (χ1n) is 7.74. The third-order valence-corrected chi connectivity index (χ3v) is 4.50. The van der Waals surface area contributed by atoms with E-state index in [-0.39, 0.29) is 17.4 Å². The van der Waals surface area contributed by atoms with Gasteiger partial charge in [0.15, 0.2) is 5.69 Å². The van der Waals surface area contributed by atoms with E-state index in [2.05, 4.69) is 9.72 Å². The van der Waals surface area contributed by atoms with E-state index in [1.807, 2.05) is 17.5 Å². The molecule has 0 unspecified atom stereocenters. The number of alkyl halides is 2. The SMILES string of the molecule is Cc1oc(-c2cccs2)nc1C(=O)N(C)Cc1ccc(OC(F)F)cc1. The summed E-state index contributed by atoms with van der Waals surface area (Å²) >= 11 is 1.48. The predicted octanol–water partition coefficient (Wildman–Crippen LogP) is 4.59. The van der Waals surface area contributed by atoms with E-state index in [0.29, 0.717) is 18.2 Å².